The smallest absolute Gasteiger partial charge is 0.261 e. The van der Waals surface area contributed by atoms with E-state index in [9.17, 15) is 9.59 Å². The van der Waals surface area contributed by atoms with Crippen molar-refractivity contribution < 1.29 is 14.3 Å². The van der Waals surface area contributed by atoms with Crippen LogP contribution in [0.15, 0.2) is 29.3 Å². The minimum Gasteiger partial charge on any atom is -0.384 e. The van der Waals surface area contributed by atoms with Crippen LogP contribution in [-0.4, -0.2) is 74.5 Å². The number of nitrogens with zero attached hydrogens (tertiary/aromatic N) is 3. The van der Waals surface area contributed by atoms with E-state index in [0.717, 1.165) is 32.1 Å². The summed E-state index contributed by atoms with van der Waals surface area (Å²) in [5.74, 6) is 0.868. The van der Waals surface area contributed by atoms with E-state index in [4.69, 9.17) is 4.74 Å². The lowest BCUT2D eigenvalue weighted by Gasteiger charge is -2.22. The van der Waals surface area contributed by atoms with Gasteiger partial charge >= 0.3 is 0 Å². The molecular formula is C18H24N4O3. The summed E-state index contributed by atoms with van der Waals surface area (Å²) in [4.78, 5) is 32.5. The summed E-state index contributed by atoms with van der Waals surface area (Å²) in [5.41, 5.74) is 0.970. The number of amides is 2. The summed E-state index contributed by atoms with van der Waals surface area (Å²) in [7, 11) is 3.46. The van der Waals surface area contributed by atoms with Gasteiger partial charge in [-0.05, 0) is 18.6 Å². The second kappa shape index (κ2) is 7.65. The number of aliphatic imine (C=N–C) groups is 1. The third-order valence-electron chi connectivity index (χ3n) is 4.70. The first-order valence-electron chi connectivity index (χ1n) is 8.55. The highest BCUT2D eigenvalue weighted by Crippen LogP contribution is 2.22. The standard InChI is InChI=1S/C18H24N4O3/c1-19-18(21-9-7-13(11-21)12-25-2)20-8-10-22-16(23)14-5-3-4-6-15(14)17(22)24/h3-6,13H,7-12H2,1-2H3,(H,19,20). The van der Waals surface area contributed by atoms with Crippen molar-refractivity contribution in [1.29, 1.82) is 0 Å². The number of carbonyl (C=O) groups excluding carboxylic acids is 2. The number of hydrogen-bond donors (Lipinski definition) is 1. The monoisotopic (exact) mass is 344 g/mol. The van der Waals surface area contributed by atoms with Crippen LogP contribution in [0.1, 0.15) is 27.1 Å². The van der Waals surface area contributed by atoms with Gasteiger partial charge in [0.2, 0.25) is 0 Å². The van der Waals surface area contributed by atoms with E-state index >= 15 is 0 Å². The highest BCUT2D eigenvalue weighted by Gasteiger charge is 2.34. The van der Waals surface area contributed by atoms with Crippen LogP contribution in [0, 0.1) is 5.92 Å². The minimum atomic E-state index is -0.223. The predicted molar refractivity (Wildman–Crippen MR) is 94.7 cm³/mol. The average Bonchev–Trinajstić information content (AvgIpc) is 3.18. The molecule has 0 radical (unpaired) electrons. The van der Waals surface area contributed by atoms with Gasteiger partial charge in [0.05, 0.1) is 17.7 Å². The van der Waals surface area contributed by atoms with Crippen LogP contribution in [0.2, 0.25) is 0 Å². The van der Waals surface area contributed by atoms with Crippen LogP contribution in [-0.2, 0) is 4.74 Å². The van der Waals surface area contributed by atoms with Crippen LogP contribution < -0.4 is 5.32 Å². The number of carbonyl (C=O) groups is 2. The lowest BCUT2D eigenvalue weighted by Crippen LogP contribution is -2.44. The summed E-state index contributed by atoms with van der Waals surface area (Å²) >= 11 is 0. The molecule has 1 N–H and O–H groups in total. The molecule has 0 bridgehead atoms. The number of fused-ring (bicyclic) bond motifs is 1. The van der Waals surface area contributed by atoms with Gasteiger partial charge in [-0.3, -0.25) is 19.5 Å². The first kappa shape index (κ1) is 17.4. The summed E-state index contributed by atoms with van der Waals surface area (Å²) in [5, 5.41) is 3.26. The van der Waals surface area contributed by atoms with Gasteiger partial charge in [-0.1, -0.05) is 12.1 Å². The van der Waals surface area contributed by atoms with Crippen LogP contribution >= 0.6 is 0 Å². The molecule has 0 aromatic heterocycles. The summed E-state index contributed by atoms with van der Waals surface area (Å²) in [6, 6.07) is 6.94. The molecule has 25 heavy (non-hydrogen) atoms. The number of likely N-dealkylation sites (tertiary alicyclic amines) is 1. The zero-order valence-electron chi connectivity index (χ0n) is 14.7. The summed E-state index contributed by atoms with van der Waals surface area (Å²) in [6.07, 6.45) is 1.08. The van der Waals surface area contributed by atoms with Gasteiger partial charge in [-0.2, -0.15) is 0 Å². The lowest BCUT2D eigenvalue weighted by molar-refractivity contribution is 0.0657. The quantitative estimate of drug-likeness (QED) is 0.486. The fraction of sp³-hybridized carbons (Fsp3) is 0.500. The highest BCUT2D eigenvalue weighted by molar-refractivity contribution is 6.21. The molecule has 7 nitrogen and oxygen atoms in total. The molecule has 7 heteroatoms. The molecule has 2 heterocycles. The first-order chi connectivity index (χ1) is 12.2. The second-order valence-corrected chi connectivity index (χ2v) is 6.34. The van der Waals surface area contributed by atoms with Crippen molar-refractivity contribution >= 4 is 17.8 Å². The Balaban J connectivity index is 1.53. The van der Waals surface area contributed by atoms with E-state index in [-0.39, 0.29) is 11.8 Å². The molecule has 1 aromatic carbocycles. The van der Waals surface area contributed by atoms with E-state index in [2.05, 4.69) is 15.2 Å². The van der Waals surface area contributed by atoms with Gasteiger partial charge < -0.3 is 15.0 Å². The summed E-state index contributed by atoms with van der Waals surface area (Å²) in [6.45, 7) is 3.38. The molecule has 0 aliphatic carbocycles. The Kier molecular flexibility index (Phi) is 5.33. The topological polar surface area (TPSA) is 74.2 Å². The van der Waals surface area contributed by atoms with Gasteiger partial charge in [0.25, 0.3) is 11.8 Å². The number of benzene rings is 1. The third-order valence-corrected chi connectivity index (χ3v) is 4.70. The number of rotatable bonds is 5. The van der Waals surface area contributed by atoms with Crippen LogP contribution in [0.25, 0.3) is 0 Å². The van der Waals surface area contributed by atoms with Crippen molar-refractivity contribution in [3.8, 4) is 0 Å². The first-order valence-corrected chi connectivity index (χ1v) is 8.55. The number of guanidine groups is 1. The van der Waals surface area contributed by atoms with Crippen LogP contribution in [0.4, 0.5) is 0 Å². The Morgan fingerprint density at radius 3 is 2.56 bits per heavy atom. The molecule has 1 unspecified atom stereocenters. The van der Waals surface area contributed by atoms with Gasteiger partial charge in [-0.15, -0.1) is 0 Å². The molecule has 2 amide bonds. The molecule has 134 valence electrons. The summed E-state index contributed by atoms with van der Waals surface area (Å²) < 4.78 is 5.22. The van der Waals surface area contributed by atoms with Crippen molar-refractivity contribution in [2.24, 2.45) is 10.9 Å². The molecule has 1 saturated heterocycles. The van der Waals surface area contributed by atoms with Crippen molar-refractivity contribution in [2.75, 3.05) is 46.9 Å². The lowest BCUT2D eigenvalue weighted by atomic mass is 10.1. The molecule has 3 rings (SSSR count). The predicted octanol–water partition coefficient (Wildman–Crippen LogP) is 0.826. The Bertz CT molecular complexity index is 654. The number of nitrogens with one attached hydrogen (secondary N) is 1. The molecule has 2 aliphatic heterocycles. The number of ether oxygens (including phenoxy) is 1. The van der Waals surface area contributed by atoms with Crippen LogP contribution in [0.3, 0.4) is 0 Å². The van der Waals surface area contributed by atoms with Crippen molar-refractivity contribution in [3.63, 3.8) is 0 Å². The van der Waals surface area contributed by atoms with Gasteiger partial charge in [0, 0.05) is 46.3 Å². The Morgan fingerprint density at radius 1 is 1.28 bits per heavy atom. The Hall–Kier alpha value is -2.41. The van der Waals surface area contributed by atoms with Gasteiger partial charge in [0.1, 0.15) is 0 Å². The van der Waals surface area contributed by atoms with Crippen molar-refractivity contribution in [2.45, 2.75) is 6.42 Å². The molecule has 2 aliphatic rings. The zero-order valence-corrected chi connectivity index (χ0v) is 14.7. The second-order valence-electron chi connectivity index (χ2n) is 6.34. The van der Waals surface area contributed by atoms with Crippen molar-refractivity contribution in [1.82, 2.24) is 15.1 Å². The molecule has 0 saturated carbocycles. The number of imide groups is 1. The molecule has 0 spiro atoms. The normalized spacial score (nSPS) is 20.4. The third kappa shape index (κ3) is 3.51. The molecule has 1 fully saturated rings. The van der Waals surface area contributed by atoms with E-state index in [1.165, 1.54) is 4.90 Å². The fourth-order valence-corrected chi connectivity index (χ4v) is 3.45. The van der Waals surface area contributed by atoms with Crippen LogP contribution in [0.5, 0.6) is 0 Å². The maximum absolute atomic E-state index is 12.3. The maximum atomic E-state index is 12.3. The Labute approximate surface area is 147 Å². The van der Waals surface area contributed by atoms with E-state index in [1.54, 1.807) is 38.4 Å². The Morgan fingerprint density at radius 2 is 1.96 bits per heavy atom. The fourth-order valence-electron chi connectivity index (χ4n) is 3.45. The zero-order chi connectivity index (χ0) is 17.8. The molecular weight excluding hydrogens is 320 g/mol. The number of hydrogen-bond acceptors (Lipinski definition) is 4. The van der Waals surface area contributed by atoms with E-state index in [0.29, 0.717) is 30.1 Å². The largest absolute Gasteiger partial charge is 0.384 e. The maximum Gasteiger partial charge on any atom is 0.261 e. The molecule has 1 atom stereocenters. The van der Waals surface area contributed by atoms with E-state index in [1.807, 2.05) is 0 Å². The minimum absolute atomic E-state index is 0.223. The SMILES string of the molecule is CN=C(NCCN1C(=O)c2ccccc2C1=O)N1CCC(COC)C1. The molecule has 1 aromatic rings. The highest BCUT2D eigenvalue weighted by atomic mass is 16.5. The van der Waals surface area contributed by atoms with Gasteiger partial charge in [0.15, 0.2) is 5.96 Å². The number of methoxy groups -OCH3 is 1. The van der Waals surface area contributed by atoms with E-state index < -0.39 is 0 Å². The van der Waals surface area contributed by atoms with Gasteiger partial charge in [-0.25, -0.2) is 0 Å². The van der Waals surface area contributed by atoms with Crippen molar-refractivity contribution in [3.05, 3.63) is 35.4 Å². The average molecular weight is 344 g/mol.